The lowest BCUT2D eigenvalue weighted by Crippen LogP contribution is -2.60. The molecule has 0 atom stereocenters. The fraction of sp³-hybridized carbons (Fsp3) is 0.194. The van der Waals surface area contributed by atoms with Gasteiger partial charge in [0.05, 0.1) is 27.5 Å². The molecule has 0 spiro atoms. The standard InChI is InChI=1S/C124H106B2N6S2/c1-72-64-102-112-104(66-72)131-114-90(110-116(131)87-29-18-21-34-92(87)123(110,14)15)32-24-36-96(114)125(112)94-62-59-83(127(79-51-43-75(44-52-79)119(3,4)5)80-53-45-76(46-54-80)120(6,7)8)69-100(94)129(102)98-38-27-41-107-109(98)89-61-42-74(68-108(89)133-107)71-122(12,13)78-49-57-82(58-50-78)128(81-55-47-77(48-56-81)121(9,10)11)84-60-63-95-101(70-84)130(99-39-26-31-86-85-28-20-23-40-106(85)134-118(86)99)103-65-73(2)67-105-113(103)126(95)97-37-25-33-91-111-117(132(105)115(91)97)88-30-19-22-35-93(88)124(111,16)17/h18-70H,71H2,1-17H3. The molecule has 0 bridgehead atoms. The van der Waals surface area contributed by atoms with Crippen LogP contribution >= 0.6 is 22.7 Å². The number of benzene rings is 16. The molecule has 0 saturated heterocycles. The van der Waals surface area contributed by atoms with Crippen LogP contribution in [0.3, 0.4) is 0 Å². The number of rotatable bonds is 11. The van der Waals surface area contributed by atoms with Gasteiger partial charge in [0.2, 0.25) is 0 Å². The van der Waals surface area contributed by atoms with Crippen LogP contribution in [-0.2, 0) is 38.9 Å². The topological polar surface area (TPSA) is 22.8 Å². The lowest BCUT2D eigenvalue weighted by molar-refractivity contribution is 0.523. The van der Waals surface area contributed by atoms with Gasteiger partial charge >= 0.3 is 0 Å². The first kappa shape index (κ1) is 81.2. The molecule has 0 fully saturated rings. The minimum absolute atomic E-state index is 0.00713. The van der Waals surface area contributed by atoms with Crippen molar-refractivity contribution >= 4 is 199 Å². The third-order valence-corrected chi connectivity index (χ3v) is 33.6. The number of nitrogens with zero attached hydrogens (tertiary/aromatic N) is 6. The van der Waals surface area contributed by atoms with Crippen LogP contribution in [0, 0.1) is 13.8 Å². The summed E-state index contributed by atoms with van der Waals surface area (Å²) in [5.41, 5.74) is 46.3. The average Bonchev–Trinajstić information content (AvgIpc) is 1.48. The Kier molecular flexibility index (Phi) is 17.1. The van der Waals surface area contributed by atoms with Crippen molar-refractivity contribution in [1.29, 1.82) is 0 Å². The molecule has 4 aromatic heterocycles. The van der Waals surface area contributed by atoms with Crippen LogP contribution in [0.1, 0.15) is 165 Å². The van der Waals surface area contributed by atoms with Gasteiger partial charge in [0.1, 0.15) is 0 Å². The van der Waals surface area contributed by atoms with Gasteiger partial charge in [-0.15, -0.1) is 22.7 Å². The maximum Gasteiger partial charge on any atom is 0.252 e. The molecule has 26 rings (SSSR count). The SMILES string of the molecule is Cc1cc2c3c(c1)-n1c4c(c5cccc(c51)B3c1ccc(N(c3ccc(C(C)(C)C)cc3)c3ccc(C(C)(C)Cc5ccc6c(c5)sc5cccc(N7c8cc(N(c9ccc(C(C)(C)C)cc9)c9ccc(C(C)(C)C)cc9)ccc8B8c9c7cc(C)cc9-n7c9c(c%10cccc8c%107)C(C)(C)c7ccccc7-9)c56)cc3)cc1N2c1cccc2c1sc1ccccc12)C(C)(C)c1ccccc1-4. The van der Waals surface area contributed by atoms with Crippen molar-refractivity contribution in [2.24, 2.45) is 0 Å². The van der Waals surface area contributed by atoms with Crippen molar-refractivity contribution in [2.45, 2.75) is 157 Å². The predicted octanol–water partition coefficient (Wildman–Crippen LogP) is 30.1. The highest BCUT2D eigenvalue weighted by atomic mass is 32.1. The number of anilines is 12. The van der Waals surface area contributed by atoms with E-state index in [4.69, 9.17) is 0 Å². The molecule has 0 radical (unpaired) electrons. The van der Waals surface area contributed by atoms with Crippen molar-refractivity contribution < 1.29 is 0 Å². The molecule has 8 heterocycles. The van der Waals surface area contributed by atoms with E-state index < -0.39 is 0 Å². The van der Waals surface area contributed by atoms with Crippen LogP contribution in [0.25, 0.3) is 96.0 Å². The van der Waals surface area contributed by atoms with Crippen LogP contribution in [0.4, 0.5) is 68.2 Å². The van der Waals surface area contributed by atoms with Crippen LogP contribution in [-0.4, -0.2) is 22.6 Å². The van der Waals surface area contributed by atoms with Gasteiger partial charge in [0, 0.05) is 148 Å². The second-order valence-electron chi connectivity index (χ2n) is 43.9. The normalized spacial score (nSPS) is 14.5. The summed E-state index contributed by atoms with van der Waals surface area (Å²) in [6, 6.07) is 126. The van der Waals surface area contributed by atoms with Gasteiger partial charge in [-0.2, -0.15) is 0 Å². The number of thiophene rings is 2. The average molecular weight is 1770 g/mol. The lowest BCUT2D eigenvalue weighted by atomic mass is 9.33. The van der Waals surface area contributed by atoms with Crippen molar-refractivity contribution in [3.63, 3.8) is 0 Å². The van der Waals surface area contributed by atoms with Crippen molar-refractivity contribution in [1.82, 2.24) is 9.13 Å². The Hall–Kier alpha value is -13.6. The minimum Gasteiger partial charge on any atom is -0.311 e. The molecule has 134 heavy (non-hydrogen) atoms. The number of hydrogen-bond donors (Lipinski definition) is 0. The molecular formula is C124H106B2N6S2. The quantitative estimate of drug-likeness (QED) is 0.120. The lowest BCUT2D eigenvalue weighted by Gasteiger charge is -2.41. The summed E-state index contributed by atoms with van der Waals surface area (Å²) >= 11 is 3.84. The molecule has 6 aliphatic rings. The molecule has 0 saturated carbocycles. The van der Waals surface area contributed by atoms with Gasteiger partial charge in [-0.3, -0.25) is 0 Å². The molecule has 16 aromatic carbocycles. The fourth-order valence-electron chi connectivity index (χ4n) is 25.0. The van der Waals surface area contributed by atoms with Crippen molar-refractivity contribution in [2.75, 3.05) is 19.6 Å². The molecule has 20 aromatic rings. The van der Waals surface area contributed by atoms with Gasteiger partial charge in [0.25, 0.3) is 13.4 Å². The molecule has 10 heteroatoms. The van der Waals surface area contributed by atoms with E-state index in [1.54, 1.807) is 0 Å². The zero-order chi connectivity index (χ0) is 91.4. The smallest absolute Gasteiger partial charge is 0.252 e. The Labute approximate surface area is 795 Å². The molecule has 0 unspecified atom stereocenters. The fourth-order valence-corrected chi connectivity index (χ4v) is 27.3. The third-order valence-electron chi connectivity index (χ3n) is 31.3. The summed E-state index contributed by atoms with van der Waals surface area (Å²) in [6.45, 7) is 40.0. The van der Waals surface area contributed by atoms with E-state index in [1.807, 2.05) is 22.7 Å². The van der Waals surface area contributed by atoms with E-state index in [-0.39, 0.29) is 45.9 Å². The Morgan fingerprint density at radius 3 is 1.20 bits per heavy atom. The Morgan fingerprint density at radius 2 is 0.709 bits per heavy atom. The Balaban J connectivity index is 0.601. The Bertz CT molecular complexity index is 8420. The summed E-state index contributed by atoms with van der Waals surface area (Å²) in [5.74, 6) is 0. The summed E-state index contributed by atoms with van der Waals surface area (Å²) < 4.78 is 10.5. The van der Waals surface area contributed by atoms with Gasteiger partial charge in [0.15, 0.2) is 0 Å². The summed E-state index contributed by atoms with van der Waals surface area (Å²) in [7, 11) is 0. The van der Waals surface area contributed by atoms with Crippen LogP contribution in [0.15, 0.2) is 322 Å². The largest absolute Gasteiger partial charge is 0.311 e. The minimum atomic E-state index is -0.255. The highest BCUT2D eigenvalue weighted by molar-refractivity contribution is 7.26. The maximum atomic E-state index is 2.69. The molecule has 0 amide bonds. The zero-order valence-electron chi connectivity index (χ0n) is 79.5. The second kappa shape index (κ2) is 28.2. The highest BCUT2D eigenvalue weighted by Crippen LogP contribution is 2.59. The van der Waals surface area contributed by atoms with Crippen LogP contribution in [0.2, 0.25) is 0 Å². The molecule has 2 aliphatic carbocycles. The summed E-state index contributed by atoms with van der Waals surface area (Å²) in [4.78, 5) is 10.4. The van der Waals surface area contributed by atoms with Crippen LogP contribution in [0.5, 0.6) is 0 Å². The number of para-hydroxylation sites is 2. The van der Waals surface area contributed by atoms with Crippen molar-refractivity contribution in [3.8, 4) is 33.9 Å². The number of aromatic nitrogens is 2. The van der Waals surface area contributed by atoms with Crippen molar-refractivity contribution in [3.05, 3.63) is 383 Å². The van der Waals surface area contributed by atoms with Gasteiger partial charge in [-0.05, 0) is 263 Å². The van der Waals surface area contributed by atoms with Gasteiger partial charge < -0.3 is 28.7 Å². The third kappa shape index (κ3) is 11.6. The first-order chi connectivity index (χ1) is 64.4. The summed E-state index contributed by atoms with van der Waals surface area (Å²) in [5, 5.41) is 7.81. The molecule has 4 aliphatic heterocycles. The Morgan fingerprint density at radius 1 is 0.306 bits per heavy atom. The monoisotopic (exact) mass is 1760 g/mol. The molecule has 6 nitrogen and oxygen atoms in total. The second-order valence-corrected chi connectivity index (χ2v) is 46.0. The highest BCUT2D eigenvalue weighted by Gasteiger charge is 2.51. The predicted molar refractivity (Wildman–Crippen MR) is 578 cm³/mol. The maximum absolute atomic E-state index is 2.69. The van der Waals surface area contributed by atoms with Gasteiger partial charge in [-0.25, -0.2) is 0 Å². The molecule has 650 valence electrons. The van der Waals surface area contributed by atoms with E-state index in [9.17, 15) is 0 Å². The van der Waals surface area contributed by atoms with Gasteiger partial charge in [-0.1, -0.05) is 298 Å². The van der Waals surface area contributed by atoms with E-state index in [2.05, 4.69) is 468 Å². The zero-order valence-corrected chi connectivity index (χ0v) is 81.1. The first-order valence-corrected chi connectivity index (χ1v) is 49.7. The summed E-state index contributed by atoms with van der Waals surface area (Å²) in [6.07, 6.45) is 0.845. The number of fused-ring (bicyclic) bond motifs is 24. The van der Waals surface area contributed by atoms with E-state index in [0.717, 1.165) is 40.5 Å². The van der Waals surface area contributed by atoms with Crippen LogP contribution < -0.4 is 52.4 Å². The van der Waals surface area contributed by atoms with E-state index in [1.165, 1.54) is 224 Å². The first-order valence-electron chi connectivity index (χ1n) is 48.0. The number of aryl methyl sites for hydroxylation is 2. The number of hydrogen-bond acceptors (Lipinski definition) is 6. The molecule has 0 N–H and O–H groups in total. The van der Waals surface area contributed by atoms with E-state index in [0.29, 0.717) is 0 Å². The molecular weight excluding hydrogens is 1660 g/mol. The van der Waals surface area contributed by atoms with E-state index >= 15 is 0 Å².